The molecule has 2 rings (SSSR count). The minimum atomic E-state index is -0.847. The van der Waals surface area contributed by atoms with Crippen molar-refractivity contribution in [3.63, 3.8) is 0 Å². The summed E-state index contributed by atoms with van der Waals surface area (Å²) < 4.78 is 11.1. The Balaban J connectivity index is 2.23. The van der Waals surface area contributed by atoms with Crippen LogP contribution in [0.4, 0.5) is 16.3 Å². The Labute approximate surface area is 145 Å². The van der Waals surface area contributed by atoms with Crippen LogP contribution in [-0.4, -0.2) is 48.2 Å². The highest BCUT2D eigenvalue weighted by Gasteiger charge is 2.26. The van der Waals surface area contributed by atoms with Crippen molar-refractivity contribution >= 4 is 47.3 Å². The van der Waals surface area contributed by atoms with Gasteiger partial charge in [-0.15, -0.1) is 0 Å². The van der Waals surface area contributed by atoms with Crippen LogP contribution in [0.15, 0.2) is 22.7 Å². The summed E-state index contributed by atoms with van der Waals surface area (Å²) in [5, 5.41) is 7.17. The molecule has 1 unspecified atom stereocenters. The van der Waals surface area contributed by atoms with Gasteiger partial charge in [0.25, 0.3) is 0 Å². The average Bonchev–Trinajstić information content (AvgIpc) is 2.96. The number of esters is 1. The van der Waals surface area contributed by atoms with Crippen LogP contribution in [0.1, 0.15) is 13.8 Å². The summed E-state index contributed by atoms with van der Waals surface area (Å²) in [7, 11) is 3.75. The molecule has 9 heteroatoms. The maximum Gasteiger partial charge on any atom is 0.333 e. The molecule has 0 aliphatic rings. The van der Waals surface area contributed by atoms with Gasteiger partial charge < -0.3 is 14.2 Å². The van der Waals surface area contributed by atoms with E-state index in [0.717, 1.165) is 9.99 Å². The Morgan fingerprint density at radius 2 is 2.12 bits per heavy atom. The zero-order valence-electron chi connectivity index (χ0n) is 13.9. The average molecular weight is 352 g/mol. The van der Waals surface area contributed by atoms with Crippen molar-refractivity contribution < 1.29 is 18.8 Å². The Morgan fingerprint density at radius 1 is 1.42 bits per heavy atom. The molecule has 0 fully saturated rings. The SMILES string of the molecule is CCOC(=O)C(C)N(S)C(=O)Nc1noc2cccc(N(C)C)c12. The number of benzene rings is 1. The number of carbonyl (C=O) groups is 2. The van der Waals surface area contributed by atoms with Gasteiger partial charge in [-0.2, -0.15) is 0 Å². The summed E-state index contributed by atoms with van der Waals surface area (Å²) in [5.41, 5.74) is 1.38. The number of fused-ring (bicyclic) bond motifs is 1. The number of nitrogens with zero attached hydrogens (tertiary/aromatic N) is 3. The van der Waals surface area contributed by atoms with E-state index in [-0.39, 0.29) is 12.4 Å². The van der Waals surface area contributed by atoms with Gasteiger partial charge in [-0.3, -0.25) is 9.62 Å². The largest absolute Gasteiger partial charge is 0.464 e. The van der Waals surface area contributed by atoms with Gasteiger partial charge in [0.15, 0.2) is 11.4 Å². The van der Waals surface area contributed by atoms with Crippen LogP contribution in [0.5, 0.6) is 0 Å². The number of urea groups is 1. The minimum absolute atomic E-state index is 0.229. The van der Waals surface area contributed by atoms with Gasteiger partial charge in [0.1, 0.15) is 6.04 Å². The molecule has 0 spiro atoms. The van der Waals surface area contributed by atoms with Crippen LogP contribution in [0.3, 0.4) is 0 Å². The van der Waals surface area contributed by atoms with E-state index in [1.54, 1.807) is 13.0 Å². The molecular weight excluding hydrogens is 332 g/mol. The van der Waals surface area contributed by atoms with E-state index in [0.29, 0.717) is 11.0 Å². The third-order valence-electron chi connectivity index (χ3n) is 3.39. The van der Waals surface area contributed by atoms with E-state index < -0.39 is 18.0 Å². The number of nitrogens with one attached hydrogen (secondary N) is 1. The second kappa shape index (κ2) is 7.43. The number of amides is 2. The monoisotopic (exact) mass is 352 g/mol. The molecule has 8 nitrogen and oxygen atoms in total. The fraction of sp³-hybridized carbons (Fsp3) is 0.400. The van der Waals surface area contributed by atoms with Gasteiger partial charge >= 0.3 is 12.0 Å². The second-order valence-electron chi connectivity index (χ2n) is 5.28. The number of hydrogen-bond donors (Lipinski definition) is 2. The van der Waals surface area contributed by atoms with E-state index in [1.165, 1.54) is 6.92 Å². The predicted octanol–water partition coefficient (Wildman–Crippen LogP) is 2.52. The molecular formula is C15H20N4O4S. The van der Waals surface area contributed by atoms with Crippen molar-refractivity contribution in [2.24, 2.45) is 0 Å². The van der Waals surface area contributed by atoms with Crippen molar-refractivity contribution in [3.05, 3.63) is 18.2 Å². The van der Waals surface area contributed by atoms with Crippen LogP contribution < -0.4 is 10.2 Å². The number of anilines is 2. The quantitative estimate of drug-likeness (QED) is 0.635. The highest BCUT2D eigenvalue weighted by atomic mass is 32.1. The summed E-state index contributed by atoms with van der Waals surface area (Å²) in [6.07, 6.45) is 0. The first-order valence-electron chi connectivity index (χ1n) is 7.38. The molecule has 0 bridgehead atoms. The molecule has 1 N–H and O–H groups in total. The molecule has 0 aliphatic heterocycles. The van der Waals surface area contributed by atoms with E-state index in [1.807, 2.05) is 31.1 Å². The molecule has 1 heterocycles. The highest BCUT2D eigenvalue weighted by Crippen LogP contribution is 2.32. The number of thiol groups is 1. The molecule has 1 atom stereocenters. The maximum atomic E-state index is 12.3. The van der Waals surface area contributed by atoms with Crippen molar-refractivity contribution in [1.29, 1.82) is 0 Å². The Bertz CT molecular complexity index is 746. The van der Waals surface area contributed by atoms with Crippen molar-refractivity contribution in [2.45, 2.75) is 19.9 Å². The number of rotatable bonds is 5. The summed E-state index contributed by atoms with van der Waals surface area (Å²) in [6, 6.07) is 4.02. The first kappa shape index (κ1) is 17.9. The summed E-state index contributed by atoms with van der Waals surface area (Å²) in [4.78, 5) is 25.9. The van der Waals surface area contributed by atoms with Crippen LogP contribution in [-0.2, 0) is 9.53 Å². The third kappa shape index (κ3) is 3.56. The standard InChI is InChI=1S/C15H20N4O4S/c1-5-22-14(20)9(2)19(24)15(21)16-13-12-10(18(3)4)7-6-8-11(12)23-17-13/h6-9,24H,5H2,1-4H3,(H,16,17,21). The van der Waals surface area contributed by atoms with E-state index in [4.69, 9.17) is 9.26 Å². The van der Waals surface area contributed by atoms with E-state index >= 15 is 0 Å². The number of aromatic nitrogens is 1. The first-order valence-corrected chi connectivity index (χ1v) is 7.78. The zero-order valence-corrected chi connectivity index (χ0v) is 14.8. The fourth-order valence-electron chi connectivity index (χ4n) is 2.13. The summed E-state index contributed by atoms with van der Waals surface area (Å²) in [5.74, 6) is -0.281. The van der Waals surface area contributed by atoms with Gasteiger partial charge in [-0.25, -0.2) is 9.59 Å². The van der Waals surface area contributed by atoms with Gasteiger partial charge in [0, 0.05) is 14.1 Å². The number of ether oxygens (including phenoxy) is 1. The summed E-state index contributed by atoms with van der Waals surface area (Å²) >= 11 is 4.08. The van der Waals surface area contributed by atoms with Gasteiger partial charge in [-0.1, -0.05) is 24.0 Å². The molecule has 0 radical (unpaired) electrons. The third-order valence-corrected chi connectivity index (χ3v) is 3.91. The first-order chi connectivity index (χ1) is 11.4. The van der Waals surface area contributed by atoms with Gasteiger partial charge in [0.05, 0.1) is 17.7 Å². The van der Waals surface area contributed by atoms with Crippen molar-refractivity contribution in [3.8, 4) is 0 Å². The lowest BCUT2D eigenvalue weighted by atomic mass is 10.2. The second-order valence-corrected chi connectivity index (χ2v) is 5.71. The van der Waals surface area contributed by atoms with E-state index in [2.05, 4.69) is 23.3 Å². The normalized spacial score (nSPS) is 11.9. The Hall–Kier alpha value is -2.42. The Kier molecular flexibility index (Phi) is 5.55. The highest BCUT2D eigenvalue weighted by molar-refractivity contribution is 7.78. The lowest BCUT2D eigenvalue weighted by Crippen LogP contribution is -2.40. The lowest BCUT2D eigenvalue weighted by Gasteiger charge is -2.21. The van der Waals surface area contributed by atoms with Crippen molar-refractivity contribution in [1.82, 2.24) is 9.46 Å². The molecule has 0 saturated heterocycles. The molecule has 0 saturated carbocycles. The molecule has 1 aromatic heterocycles. The van der Waals surface area contributed by atoms with E-state index in [9.17, 15) is 9.59 Å². The van der Waals surface area contributed by atoms with Crippen LogP contribution in [0.2, 0.25) is 0 Å². The zero-order chi connectivity index (χ0) is 17.9. The maximum absolute atomic E-state index is 12.3. The van der Waals surface area contributed by atoms with Crippen LogP contribution in [0, 0.1) is 0 Å². The smallest absolute Gasteiger partial charge is 0.333 e. The van der Waals surface area contributed by atoms with Crippen LogP contribution in [0.25, 0.3) is 11.0 Å². The van der Waals surface area contributed by atoms with Crippen LogP contribution >= 0.6 is 12.8 Å². The molecule has 2 amide bonds. The molecule has 2 aromatic rings. The van der Waals surface area contributed by atoms with Gasteiger partial charge in [0.2, 0.25) is 0 Å². The summed E-state index contributed by atoms with van der Waals surface area (Å²) in [6.45, 7) is 3.45. The number of carbonyl (C=O) groups excluding carboxylic acids is 2. The molecule has 130 valence electrons. The van der Waals surface area contributed by atoms with Crippen molar-refractivity contribution in [2.75, 3.05) is 30.9 Å². The fourth-order valence-corrected chi connectivity index (χ4v) is 2.27. The molecule has 24 heavy (non-hydrogen) atoms. The number of hydrogen-bond acceptors (Lipinski definition) is 7. The predicted molar refractivity (Wildman–Crippen MR) is 94.3 cm³/mol. The Morgan fingerprint density at radius 3 is 2.75 bits per heavy atom. The molecule has 1 aromatic carbocycles. The molecule has 0 aliphatic carbocycles. The van der Waals surface area contributed by atoms with Gasteiger partial charge in [-0.05, 0) is 26.0 Å². The lowest BCUT2D eigenvalue weighted by molar-refractivity contribution is -0.146. The minimum Gasteiger partial charge on any atom is -0.464 e. The topological polar surface area (TPSA) is 87.9 Å².